The Kier molecular flexibility index (Phi) is 4.70. The number of carbonyl (C=O) groups is 1. The summed E-state index contributed by atoms with van der Waals surface area (Å²) >= 11 is 1.90. The Morgan fingerprint density at radius 3 is 2.71 bits per heavy atom. The van der Waals surface area contributed by atoms with Gasteiger partial charge in [0.2, 0.25) is 5.91 Å². The fourth-order valence-electron chi connectivity index (χ4n) is 3.15. The van der Waals surface area contributed by atoms with Crippen LogP contribution in [-0.4, -0.2) is 54.0 Å². The summed E-state index contributed by atoms with van der Waals surface area (Å²) in [5.41, 5.74) is 5.41. The van der Waals surface area contributed by atoms with E-state index in [0.717, 1.165) is 13.1 Å². The maximum atomic E-state index is 11.3. The van der Waals surface area contributed by atoms with Gasteiger partial charge in [0.1, 0.15) is 0 Å². The fraction of sp³-hybridized carbons (Fsp3) is 0.917. The van der Waals surface area contributed by atoms with Crippen molar-refractivity contribution in [3.8, 4) is 0 Å². The first-order valence-corrected chi connectivity index (χ1v) is 7.78. The molecule has 1 amide bonds. The highest BCUT2D eigenvalue weighted by molar-refractivity contribution is 7.99. The number of amides is 1. The highest BCUT2D eigenvalue weighted by Gasteiger charge is 2.36. The molecular weight excluding hydrogens is 234 g/mol. The van der Waals surface area contributed by atoms with Gasteiger partial charge in [0, 0.05) is 30.4 Å². The lowest BCUT2D eigenvalue weighted by molar-refractivity contribution is -0.120. The molecule has 0 spiro atoms. The quantitative estimate of drug-likeness (QED) is 0.749. The van der Waals surface area contributed by atoms with Gasteiger partial charge >= 0.3 is 0 Å². The number of carbonyl (C=O) groups excluding carboxylic acids is 1. The van der Waals surface area contributed by atoms with Crippen molar-refractivity contribution in [3.63, 3.8) is 0 Å². The van der Waals surface area contributed by atoms with E-state index in [1.807, 2.05) is 11.8 Å². The zero-order valence-corrected chi connectivity index (χ0v) is 11.3. The average molecular weight is 257 g/mol. The van der Waals surface area contributed by atoms with Crippen molar-refractivity contribution in [1.82, 2.24) is 10.2 Å². The van der Waals surface area contributed by atoms with E-state index in [-0.39, 0.29) is 5.91 Å². The molecule has 2 unspecified atom stereocenters. The summed E-state index contributed by atoms with van der Waals surface area (Å²) in [6.07, 6.45) is 7.20. The first-order valence-electron chi connectivity index (χ1n) is 6.50. The van der Waals surface area contributed by atoms with Gasteiger partial charge in [-0.1, -0.05) is 12.8 Å². The number of nitrogens with zero attached hydrogens (tertiary/aromatic N) is 1. The smallest absolute Gasteiger partial charge is 0.231 e. The number of hydrogen-bond donors (Lipinski definition) is 2. The van der Waals surface area contributed by atoms with E-state index in [2.05, 4.69) is 16.5 Å². The summed E-state index contributed by atoms with van der Waals surface area (Å²) in [6.45, 7) is 2.47. The largest absolute Gasteiger partial charge is 0.369 e. The minimum Gasteiger partial charge on any atom is -0.369 e. The number of primary amides is 1. The zero-order valence-electron chi connectivity index (χ0n) is 10.5. The Bertz CT molecular complexity index is 268. The monoisotopic (exact) mass is 257 g/mol. The molecule has 0 radical (unpaired) electrons. The predicted octanol–water partition coefficient (Wildman–Crippen LogP) is 0.420. The average Bonchev–Trinajstić information content (AvgIpc) is 2.96. The molecule has 4 nitrogen and oxygen atoms in total. The Hall–Kier alpha value is -0.260. The minimum atomic E-state index is -0.191. The molecule has 1 saturated heterocycles. The normalized spacial score (nSPS) is 30.2. The summed E-state index contributed by atoms with van der Waals surface area (Å²) in [5, 5.41) is 4.03. The van der Waals surface area contributed by atoms with Gasteiger partial charge in [0.15, 0.2) is 0 Å². The number of nitrogens with two attached hydrogens (primary N) is 1. The summed E-state index contributed by atoms with van der Waals surface area (Å²) < 4.78 is 0. The van der Waals surface area contributed by atoms with Crippen molar-refractivity contribution in [2.24, 2.45) is 5.73 Å². The number of nitrogens with one attached hydrogen (secondary N) is 1. The molecule has 3 N–H and O–H groups in total. The molecule has 1 aliphatic carbocycles. The van der Waals surface area contributed by atoms with Crippen molar-refractivity contribution in [1.29, 1.82) is 0 Å². The van der Waals surface area contributed by atoms with E-state index >= 15 is 0 Å². The van der Waals surface area contributed by atoms with Gasteiger partial charge in [0.25, 0.3) is 0 Å². The van der Waals surface area contributed by atoms with Crippen LogP contribution in [0.4, 0.5) is 0 Å². The van der Waals surface area contributed by atoms with Crippen LogP contribution in [0.15, 0.2) is 0 Å². The lowest BCUT2D eigenvalue weighted by Gasteiger charge is -2.35. The maximum Gasteiger partial charge on any atom is 0.231 e. The van der Waals surface area contributed by atoms with Crippen molar-refractivity contribution in [3.05, 3.63) is 0 Å². The lowest BCUT2D eigenvalue weighted by Crippen LogP contribution is -2.50. The lowest BCUT2D eigenvalue weighted by atomic mass is 10.1. The Balaban J connectivity index is 2.05. The highest BCUT2D eigenvalue weighted by atomic mass is 32.2. The summed E-state index contributed by atoms with van der Waals surface area (Å²) in [6, 6.07) is 1.04. The number of hydrogen-bond acceptors (Lipinski definition) is 4. The van der Waals surface area contributed by atoms with E-state index in [1.165, 1.54) is 25.7 Å². The highest BCUT2D eigenvalue weighted by Crippen LogP contribution is 2.29. The van der Waals surface area contributed by atoms with E-state index in [1.54, 1.807) is 0 Å². The van der Waals surface area contributed by atoms with Crippen LogP contribution in [0.5, 0.6) is 0 Å². The molecule has 0 bridgehead atoms. The van der Waals surface area contributed by atoms with Crippen LogP contribution in [0.2, 0.25) is 0 Å². The van der Waals surface area contributed by atoms with Crippen molar-refractivity contribution in [2.45, 2.75) is 43.0 Å². The topological polar surface area (TPSA) is 58.4 Å². The Morgan fingerprint density at radius 1 is 1.41 bits per heavy atom. The molecule has 0 aromatic carbocycles. The van der Waals surface area contributed by atoms with E-state index < -0.39 is 0 Å². The molecule has 2 atom stereocenters. The third-order valence-corrected chi connectivity index (χ3v) is 5.08. The summed E-state index contributed by atoms with van der Waals surface area (Å²) in [7, 11) is 0. The predicted molar refractivity (Wildman–Crippen MR) is 72.1 cm³/mol. The molecular formula is C12H23N3OS. The standard InChI is InChI=1S/C12H23N3OS/c1-17-11-7-14-6-10(11)15(8-12(13)16)9-4-2-3-5-9/h9-11,14H,2-8H2,1H3,(H2,13,16). The van der Waals surface area contributed by atoms with Gasteiger partial charge in [-0.2, -0.15) is 11.8 Å². The second-order valence-electron chi connectivity index (χ2n) is 5.08. The fourth-order valence-corrected chi connectivity index (χ4v) is 4.00. The molecule has 98 valence electrons. The number of thioether (sulfide) groups is 1. The maximum absolute atomic E-state index is 11.3. The molecule has 5 heteroatoms. The molecule has 1 saturated carbocycles. The van der Waals surface area contributed by atoms with Gasteiger partial charge in [0.05, 0.1) is 6.54 Å². The van der Waals surface area contributed by atoms with Gasteiger partial charge in [-0.15, -0.1) is 0 Å². The molecule has 1 heterocycles. The van der Waals surface area contributed by atoms with E-state index in [9.17, 15) is 4.79 Å². The van der Waals surface area contributed by atoms with Crippen LogP contribution in [0.25, 0.3) is 0 Å². The third kappa shape index (κ3) is 3.14. The van der Waals surface area contributed by atoms with Gasteiger partial charge in [-0.05, 0) is 19.1 Å². The zero-order chi connectivity index (χ0) is 12.3. The second-order valence-corrected chi connectivity index (χ2v) is 6.15. The van der Waals surface area contributed by atoms with E-state index in [4.69, 9.17) is 5.73 Å². The summed E-state index contributed by atoms with van der Waals surface area (Å²) in [5.74, 6) is -0.191. The van der Waals surface area contributed by atoms with Crippen molar-refractivity contribution >= 4 is 17.7 Å². The summed E-state index contributed by atoms with van der Waals surface area (Å²) in [4.78, 5) is 13.6. The minimum absolute atomic E-state index is 0.191. The first-order chi connectivity index (χ1) is 8.22. The SMILES string of the molecule is CSC1CNCC1N(CC(N)=O)C1CCCC1. The van der Waals surface area contributed by atoms with Crippen LogP contribution in [0.1, 0.15) is 25.7 Å². The molecule has 0 aromatic heterocycles. The molecule has 2 rings (SSSR count). The molecule has 0 aromatic rings. The molecule has 2 fully saturated rings. The molecule has 17 heavy (non-hydrogen) atoms. The Morgan fingerprint density at radius 2 is 2.12 bits per heavy atom. The van der Waals surface area contributed by atoms with Crippen molar-refractivity contribution < 1.29 is 4.79 Å². The first kappa shape index (κ1) is 13.2. The van der Waals surface area contributed by atoms with E-state index in [0.29, 0.717) is 23.9 Å². The Labute approximate surface area is 108 Å². The van der Waals surface area contributed by atoms with Crippen LogP contribution < -0.4 is 11.1 Å². The van der Waals surface area contributed by atoms with Gasteiger partial charge in [-0.3, -0.25) is 9.69 Å². The van der Waals surface area contributed by atoms with Gasteiger partial charge in [-0.25, -0.2) is 0 Å². The molecule has 2 aliphatic rings. The number of rotatable bonds is 5. The van der Waals surface area contributed by atoms with Crippen LogP contribution in [-0.2, 0) is 4.79 Å². The third-order valence-electron chi connectivity index (χ3n) is 3.99. The van der Waals surface area contributed by atoms with Crippen LogP contribution in [0.3, 0.4) is 0 Å². The molecule has 1 aliphatic heterocycles. The van der Waals surface area contributed by atoms with Crippen LogP contribution in [0, 0.1) is 0 Å². The second kappa shape index (κ2) is 6.07. The van der Waals surface area contributed by atoms with Crippen molar-refractivity contribution in [2.75, 3.05) is 25.9 Å². The van der Waals surface area contributed by atoms with Gasteiger partial charge < -0.3 is 11.1 Å². The van der Waals surface area contributed by atoms with Crippen LogP contribution >= 0.6 is 11.8 Å².